The van der Waals surface area contributed by atoms with E-state index in [0.717, 1.165) is 35.3 Å². The number of methoxy groups -OCH3 is 1. The van der Waals surface area contributed by atoms with Gasteiger partial charge in [0, 0.05) is 0 Å². The standard InChI is InChI=1S/C22H32O/c1-14(2)20-9-10-21-19-7-5-15-13-16(23-4)6-8-17(15)18(19)11-12-22(20,21)3/h6,8,13-14,18-21H,5,7,9-12H2,1-4H3/t18-,19-,20-,21+,22-/m1/s1. The molecule has 1 aromatic rings. The minimum atomic E-state index is 0.610. The normalized spacial score (nSPS) is 38.8. The van der Waals surface area contributed by atoms with E-state index < -0.39 is 0 Å². The molecule has 0 heterocycles. The molecule has 0 N–H and O–H groups in total. The summed E-state index contributed by atoms with van der Waals surface area (Å²) in [7, 11) is 1.78. The molecule has 0 aromatic heterocycles. The van der Waals surface area contributed by atoms with Gasteiger partial charge in [-0.3, -0.25) is 0 Å². The van der Waals surface area contributed by atoms with Crippen LogP contribution in [0.5, 0.6) is 5.75 Å². The summed E-state index contributed by atoms with van der Waals surface area (Å²) in [6.07, 6.45) is 8.44. The molecule has 0 aliphatic heterocycles. The lowest BCUT2D eigenvalue weighted by molar-refractivity contribution is 0.0141. The van der Waals surface area contributed by atoms with Crippen molar-refractivity contribution < 1.29 is 4.74 Å². The second-order valence-corrected chi connectivity index (χ2v) is 8.95. The number of rotatable bonds is 2. The lowest BCUT2D eigenvalue weighted by Gasteiger charge is -2.51. The minimum Gasteiger partial charge on any atom is -0.497 e. The van der Waals surface area contributed by atoms with Crippen molar-refractivity contribution in [1.29, 1.82) is 0 Å². The Morgan fingerprint density at radius 2 is 1.96 bits per heavy atom. The molecule has 0 bridgehead atoms. The molecular weight excluding hydrogens is 280 g/mol. The molecule has 3 aliphatic carbocycles. The first-order valence-electron chi connectivity index (χ1n) is 9.71. The van der Waals surface area contributed by atoms with Crippen molar-refractivity contribution in [2.45, 2.75) is 65.2 Å². The Morgan fingerprint density at radius 3 is 2.70 bits per heavy atom. The van der Waals surface area contributed by atoms with Crippen LogP contribution in [0.4, 0.5) is 0 Å². The maximum atomic E-state index is 5.44. The van der Waals surface area contributed by atoms with Gasteiger partial charge in [0.15, 0.2) is 0 Å². The van der Waals surface area contributed by atoms with E-state index in [1.165, 1.54) is 38.5 Å². The Kier molecular flexibility index (Phi) is 3.74. The first-order valence-corrected chi connectivity index (χ1v) is 9.71. The number of fused-ring (bicyclic) bond motifs is 5. The van der Waals surface area contributed by atoms with E-state index in [0.29, 0.717) is 5.41 Å². The van der Waals surface area contributed by atoms with Crippen LogP contribution < -0.4 is 4.74 Å². The number of hydrogen-bond donors (Lipinski definition) is 0. The molecule has 2 saturated carbocycles. The van der Waals surface area contributed by atoms with Crippen LogP contribution in [0.1, 0.15) is 69.9 Å². The van der Waals surface area contributed by atoms with Crippen molar-refractivity contribution >= 4 is 0 Å². The largest absolute Gasteiger partial charge is 0.497 e. The van der Waals surface area contributed by atoms with Crippen LogP contribution in [-0.4, -0.2) is 7.11 Å². The summed E-state index contributed by atoms with van der Waals surface area (Å²) in [6, 6.07) is 6.86. The zero-order valence-electron chi connectivity index (χ0n) is 15.3. The second kappa shape index (κ2) is 5.53. The summed E-state index contributed by atoms with van der Waals surface area (Å²) >= 11 is 0. The molecule has 0 amide bonds. The number of hydrogen-bond acceptors (Lipinski definition) is 1. The lowest BCUT2D eigenvalue weighted by atomic mass is 9.53. The molecule has 1 heteroatoms. The van der Waals surface area contributed by atoms with Crippen molar-refractivity contribution in [1.82, 2.24) is 0 Å². The zero-order valence-corrected chi connectivity index (χ0v) is 15.3. The van der Waals surface area contributed by atoms with Crippen molar-refractivity contribution in [2.24, 2.45) is 29.1 Å². The van der Waals surface area contributed by atoms with Crippen LogP contribution in [-0.2, 0) is 6.42 Å². The van der Waals surface area contributed by atoms with Gasteiger partial charge in [0.1, 0.15) is 5.75 Å². The predicted molar refractivity (Wildman–Crippen MR) is 95.9 cm³/mol. The molecule has 23 heavy (non-hydrogen) atoms. The molecule has 1 aromatic carbocycles. The van der Waals surface area contributed by atoms with E-state index in [1.54, 1.807) is 18.2 Å². The van der Waals surface area contributed by atoms with Crippen LogP contribution in [0.3, 0.4) is 0 Å². The van der Waals surface area contributed by atoms with Gasteiger partial charge in [-0.15, -0.1) is 0 Å². The molecule has 0 saturated heterocycles. The zero-order chi connectivity index (χ0) is 16.2. The van der Waals surface area contributed by atoms with E-state index >= 15 is 0 Å². The molecule has 0 spiro atoms. The van der Waals surface area contributed by atoms with E-state index in [-0.39, 0.29) is 0 Å². The van der Waals surface area contributed by atoms with E-state index in [4.69, 9.17) is 4.74 Å². The molecule has 5 atom stereocenters. The quantitative estimate of drug-likeness (QED) is 0.668. The Labute approximate surface area is 141 Å². The van der Waals surface area contributed by atoms with Crippen LogP contribution in [0.15, 0.2) is 18.2 Å². The lowest BCUT2D eigenvalue weighted by Crippen LogP contribution is -2.43. The molecule has 2 fully saturated rings. The number of ether oxygens (including phenoxy) is 1. The third-order valence-electron chi connectivity index (χ3n) is 7.81. The van der Waals surface area contributed by atoms with E-state index in [9.17, 15) is 0 Å². The van der Waals surface area contributed by atoms with Gasteiger partial charge in [-0.2, -0.15) is 0 Å². The third kappa shape index (κ3) is 2.26. The maximum Gasteiger partial charge on any atom is 0.119 e. The smallest absolute Gasteiger partial charge is 0.119 e. The van der Waals surface area contributed by atoms with Gasteiger partial charge in [-0.05, 0) is 96.8 Å². The van der Waals surface area contributed by atoms with Gasteiger partial charge >= 0.3 is 0 Å². The Bertz CT molecular complexity index is 590. The van der Waals surface area contributed by atoms with Gasteiger partial charge in [0.05, 0.1) is 7.11 Å². The Morgan fingerprint density at radius 1 is 1.13 bits per heavy atom. The highest BCUT2D eigenvalue weighted by Crippen LogP contribution is 2.64. The molecule has 0 radical (unpaired) electrons. The maximum absolute atomic E-state index is 5.44. The monoisotopic (exact) mass is 312 g/mol. The fourth-order valence-electron chi connectivity index (χ4n) is 6.82. The van der Waals surface area contributed by atoms with Gasteiger partial charge < -0.3 is 4.74 Å². The van der Waals surface area contributed by atoms with Gasteiger partial charge in [-0.25, -0.2) is 0 Å². The molecule has 0 unspecified atom stereocenters. The van der Waals surface area contributed by atoms with Crippen molar-refractivity contribution in [3.63, 3.8) is 0 Å². The van der Waals surface area contributed by atoms with E-state index in [2.05, 4.69) is 39.0 Å². The summed E-state index contributed by atoms with van der Waals surface area (Å²) in [5.74, 6) is 5.53. The summed E-state index contributed by atoms with van der Waals surface area (Å²) < 4.78 is 5.44. The number of benzene rings is 1. The average Bonchev–Trinajstić information content (AvgIpc) is 2.91. The van der Waals surface area contributed by atoms with Crippen molar-refractivity contribution in [3.8, 4) is 5.75 Å². The summed E-state index contributed by atoms with van der Waals surface area (Å²) in [5.41, 5.74) is 3.82. The molecule has 1 nitrogen and oxygen atoms in total. The summed E-state index contributed by atoms with van der Waals surface area (Å²) in [6.45, 7) is 7.54. The Balaban J connectivity index is 1.65. The minimum absolute atomic E-state index is 0.610. The topological polar surface area (TPSA) is 9.23 Å². The third-order valence-corrected chi connectivity index (χ3v) is 7.81. The fourth-order valence-corrected chi connectivity index (χ4v) is 6.82. The molecule has 126 valence electrons. The second-order valence-electron chi connectivity index (χ2n) is 8.95. The fraction of sp³-hybridized carbons (Fsp3) is 0.727. The first-order chi connectivity index (χ1) is 11.0. The number of aryl methyl sites for hydroxylation is 1. The van der Waals surface area contributed by atoms with Gasteiger partial charge in [0.2, 0.25) is 0 Å². The predicted octanol–water partition coefficient (Wildman–Crippen LogP) is 5.82. The SMILES string of the molecule is COc1ccc2c(c1)CC[C@@H]1[C@@H]2CC[C@]2(C)[C@@H](C(C)C)CC[C@@H]12. The van der Waals surface area contributed by atoms with Crippen LogP contribution in [0.25, 0.3) is 0 Å². The highest BCUT2D eigenvalue weighted by molar-refractivity contribution is 5.40. The van der Waals surface area contributed by atoms with Gasteiger partial charge in [-0.1, -0.05) is 26.8 Å². The van der Waals surface area contributed by atoms with Crippen LogP contribution in [0, 0.1) is 29.1 Å². The van der Waals surface area contributed by atoms with Crippen molar-refractivity contribution in [2.75, 3.05) is 7.11 Å². The highest BCUT2D eigenvalue weighted by Gasteiger charge is 2.55. The highest BCUT2D eigenvalue weighted by atomic mass is 16.5. The molecule has 4 rings (SSSR count). The summed E-state index contributed by atoms with van der Waals surface area (Å²) in [4.78, 5) is 0. The van der Waals surface area contributed by atoms with Crippen LogP contribution in [0.2, 0.25) is 0 Å². The molecule has 3 aliphatic rings. The average molecular weight is 312 g/mol. The van der Waals surface area contributed by atoms with Gasteiger partial charge in [0.25, 0.3) is 0 Å². The van der Waals surface area contributed by atoms with Crippen molar-refractivity contribution in [3.05, 3.63) is 29.3 Å². The molecular formula is C22H32O. The summed E-state index contributed by atoms with van der Waals surface area (Å²) in [5, 5.41) is 0. The first kappa shape index (κ1) is 15.5. The Hall–Kier alpha value is -0.980. The van der Waals surface area contributed by atoms with E-state index in [1.807, 2.05) is 0 Å². The van der Waals surface area contributed by atoms with Crippen LogP contribution >= 0.6 is 0 Å².